The van der Waals surface area contributed by atoms with Crippen LogP contribution in [0.3, 0.4) is 0 Å². The van der Waals surface area contributed by atoms with E-state index >= 15 is 0 Å². The van der Waals surface area contributed by atoms with Crippen LogP contribution in [0, 0.1) is 0 Å². The molecule has 0 bridgehead atoms. The SMILES string of the molecule is NCCONCCCO. The van der Waals surface area contributed by atoms with Crippen molar-refractivity contribution in [3.63, 3.8) is 0 Å². The fourth-order valence-corrected chi connectivity index (χ4v) is 0.354. The van der Waals surface area contributed by atoms with E-state index < -0.39 is 0 Å². The van der Waals surface area contributed by atoms with Crippen molar-refractivity contribution in [3.8, 4) is 0 Å². The first-order valence-corrected chi connectivity index (χ1v) is 3.07. The molecule has 4 heteroatoms. The second kappa shape index (κ2) is 7.84. The normalized spacial score (nSPS) is 10.0. The number of rotatable bonds is 6. The van der Waals surface area contributed by atoms with Crippen molar-refractivity contribution in [2.75, 3.05) is 26.3 Å². The minimum atomic E-state index is 0.193. The van der Waals surface area contributed by atoms with Gasteiger partial charge in [-0.1, -0.05) is 0 Å². The predicted octanol–water partition coefficient (Wildman–Crippen LogP) is -1.15. The molecule has 0 unspecified atom stereocenters. The molecular formula is C5H14N2O2. The van der Waals surface area contributed by atoms with E-state index in [9.17, 15) is 0 Å². The first-order chi connectivity index (χ1) is 4.41. The molecule has 0 saturated heterocycles. The Balaban J connectivity index is 2.60. The van der Waals surface area contributed by atoms with E-state index in [-0.39, 0.29) is 6.61 Å². The molecule has 0 fully saturated rings. The van der Waals surface area contributed by atoms with Crippen LogP contribution in [-0.2, 0) is 4.84 Å². The van der Waals surface area contributed by atoms with Crippen LogP contribution in [0.2, 0.25) is 0 Å². The van der Waals surface area contributed by atoms with Gasteiger partial charge in [-0.2, -0.15) is 0 Å². The zero-order valence-corrected chi connectivity index (χ0v) is 5.47. The van der Waals surface area contributed by atoms with Gasteiger partial charge in [0.25, 0.3) is 0 Å². The summed E-state index contributed by atoms with van der Waals surface area (Å²) in [5, 5.41) is 8.30. The molecule has 0 aromatic heterocycles. The summed E-state index contributed by atoms with van der Waals surface area (Å²) in [5.41, 5.74) is 7.78. The molecule has 0 atom stereocenters. The fraction of sp³-hybridized carbons (Fsp3) is 1.00. The van der Waals surface area contributed by atoms with Crippen LogP contribution in [0.4, 0.5) is 0 Å². The van der Waals surface area contributed by atoms with E-state index in [2.05, 4.69) is 5.48 Å². The van der Waals surface area contributed by atoms with E-state index in [4.69, 9.17) is 15.7 Å². The maximum absolute atomic E-state index is 8.30. The minimum absolute atomic E-state index is 0.193. The Morgan fingerprint density at radius 3 is 2.89 bits per heavy atom. The zero-order valence-electron chi connectivity index (χ0n) is 5.47. The Labute approximate surface area is 55.0 Å². The summed E-state index contributed by atoms with van der Waals surface area (Å²) < 4.78 is 0. The van der Waals surface area contributed by atoms with Gasteiger partial charge in [0.15, 0.2) is 0 Å². The van der Waals surface area contributed by atoms with Gasteiger partial charge in [-0.05, 0) is 6.42 Å². The Hall–Kier alpha value is -0.160. The molecule has 4 N–H and O–H groups in total. The average molecular weight is 134 g/mol. The summed E-state index contributed by atoms with van der Waals surface area (Å²) in [5.74, 6) is 0. The maximum atomic E-state index is 8.30. The number of aliphatic hydroxyl groups excluding tert-OH is 1. The first-order valence-electron chi connectivity index (χ1n) is 3.07. The lowest BCUT2D eigenvalue weighted by Crippen LogP contribution is -2.21. The van der Waals surface area contributed by atoms with Gasteiger partial charge in [-0.3, -0.25) is 0 Å². The highest BCUT2D eigenvalue weighted by atomic mass is 16.6. The molecule has 9 heavy (non-hydrogen) atoms. The van der Waals surface area contributed by atoms with E-state index in [0.717, 1.165) is 0 Å². The lowest BCUT2D eigenvalue weighted by molar-refractivity contribution is 0.0434. The van der Waals surface area contributed by atoms with Crippen LogP contribution in [0.1, 0.15) is 6.42 Å². The van der Waals surface area contributed by atoms with Crippen LogP contribution in [0.15, 0.2) is 0 Å². The smallest absolute Gasteiger partial charge is 0.0804 e. The van der Waals surface area contributed by atoms with E-state index in [1.807, 2.05) is 0 Å². The minimum Gasteiger partial charge on any atom is -0.396 e. The highest BCUT2D eigenvalue weighted by Gasteiger charge is 1.83. The summed E-state index contributed by atoms with van der Waals surface area (Å²) in [6.07, 6.45) is 0.713. The molecule has 0 spiro atoms. The molecular weight excluding hydrogens is 120 g/mol. The van der Waals surface area contributed by atoms with E-state index in [1.165, 1.54) is 0 Å². The van der Waals surface area contributed by atoms with Gasteiger partial charge < -0.3 is 15.7 Å². The zero-order chi connectivity index (χ0) is 6.95. The van der Waals surface area contributed by atoms with Gasteiger partial charge in [0.05, 0.1) is 6.61 Å². The van der Waals surface area contributed by atoms with Gasteiger partial charge in [-0.15, -0.1) is 0 Å². The van der Waals surface area contributed by atoms with Crippen molar-refractivity contribution in [2.24, 2.45) is 5.73 Å². The quantitative estimate of drug-likeness (QED) is 0.317. The van der Waals surface area contributed by atoms with Gasteiger partial charge in [0.2, 0.25) is 0 Å². The molecule has 0 aliphatic heterocycles. The van der Waals surface area contributed by atoms with E-state index in [1.54, 1.807) is 0 Å². The lowest BCUT2D eigenvalue weighted by atomic mass is 10.5. The van der Waals surface area contributed by atoms with Crippen molar-refractivity contribution in [3.05, 3.63) is 0 Å². The van der Waals surface area contributed by atoms with Gasteiger partial charge in [0, 0.05) is 19.7 Å². The molecule has 0 aliphatic rings. The van der Waals surface area contributed by atoms with Crippen LogP contribution in [-0.4, -0.2) is 31.4 Å². The topological polar surface area (TPSA) is 67.5 Å². The summed E-state index contributed by atoms with van der Waals surface area (Å²) >= 11 is 0. The van der Waals surface area contributed by atoms with Crippen molar-refractivity contribution in [2.45, 2.75) is 6.42 Å². The summed E-state index contributed by atoms with van der Waals surface area (Å²) in [7, 11) is 0. The Morgan fingerprint density at radius 2 is 2.33 bits per heavy atom. The van der Waals surface area contributed by atoms with Crippen molar-refractivity contribution in [1.82, 2.24) is 5.48 Å². The van der Waals surface area contributed by atoms with Crippen LogP contribution in [0.5, 0.6) is 0 Å². The number of hydrogen-bond acceptors (Lipinski definition) is 4. The second-order valence-electron chi connectivity index (χ2n) is 1.61. The molecule has 0 rings (SSSR count). The summed E-state index contributed by atoms with van der Waals surface area (Å²) in [6, 6.07) is 0. The van der Waals surface area contributed by atoms with Crippen LogP contribution in [0.25, 0.3) is 0 Å². The third-order valence-corrected chi connectivity index (χ3v) is 0.759. The summed E-state index contributed by atoms with van der Waals surface area (Å²) in [4.78, 5) is 4.80. The molecule has 0 saturated carbocycles. The number of aliphatic hydroxyl groups is 1. The van der Waals surface area contributed by atoms with Gasteiger partial charge in [0.1, 0.15) is 0 Å². The molecule has 0 aliphatic carbocycles. The molecule has 0 amide bonds. The third kappa shape index (κ3) is 7.84. The van der Waals surface area contributed by atoms with Crippen molar-refractivity contribution in [1.29, 1.82) is 0 Å². The molecule has 4 nitrogen and oxygen atoms in total. The molecule has 0 radical (unpaired) electrons. The Morgan fingerprint density at radius 1 is 1.56 bits per heavy atom. The molecule has 0 heterocycles. The maximum Gasteiger partial charge on any atom is 0.0804 e. The third-order valence-electron chi connectivity index (χ3n) is 0.759. The molecule has 56 valence electrons. The monoisotopic (exact) mass is 134 g/mol. The van der Waals surface area contributed by atoms with Crippen LogP contribution < -0.4 is 11.2 Å². The second-order valence-corrected chi connectivity index (χ2v) is 1.61. The standard InChI is InChI=1S/C5H14N2O2/c6-2-5-9-7-3-1-4-8/h7-8H,1-6H2. The highest BCUT2D eigenvalue weighted by molar-refractivity contribution is 4.34. The van der Waals surface area contributed by atoms with Crippen molar-refractivity contribution >= 4 is 0 Å². The molecule has 0 aromatic rings. The highest BCUT2D eigenvalue weighted by Crippen LogP contribution is 1.71. The number of nitrogens with two attached hydrogens (primary N) is 1. The average Bonchev–Trinajstić information content (AvgIpc) is 1.89. The Bertz CT molecular complexity index is 46.2. The largest absolute Gasteiger partial charge is 0.396 e. The summed E-state index contributed by atoms with van der Waals surface area (Å²) in [6.45, 7) is 1.91. The molecule has 0 aromatic carbocycles. The Kier molecular flexibility index (Phi) is 7.70. The number of nitrogens with one attached hydrogen (secondary N) is 1. The van der Waals surface area contributed by atoms with Gasteiger partial charge >= 0.3 is 0 Å². The fourth-order valence-electron chi connectivity index (χ4n) is 0.354. The first kappa shape index (κ1) is 8.84. The van der Waals surface area contributed by atoms with E-state index in [0.29, 0.717) is 26.1 Å². The van der Waals surface area contributed by atoms with Gasteiger partial charge in [-0.25, -0.2) is 5.48 Å². The van der Waals surface area contributed by atoms with Crippen LogP contribution >= 0.6 is 0 Å². The predicted molar refractivity (Wildman–Crippen MR) is 34.7 cm³/mol. The lowest BCUT2D eigenvalue weighted by Gasteiger charge is -2.01. The number of hydroxylamine groups is 1. The number of hydrogen-bond donors (Lipinski definition) is 3. The van der Waals surface area contributed by atoms with Crippen molar-refractivity contribution < 1.29 is 9.94 Å².